The standard InChI is InChI=1S/C22H30N2O6S/c1-4-13-23(14-5-2)21(25)17-30-22(26)18-11-15-24(16-12-18)31(27,28)20-9-7-19(8-10-20)29-6-3/h4-5,7-10,18H,1-2,6,11-17H2,3H3. The molecule has 0 bridgehead atoms. The Bertz CT molecular complexity index is 864. The zero-order valence-electron chi connectivity index (χ0n) is 17.9. The second kappa shape index (κ2) is 11.7. The Morgan fingerprint density at radius 1 is 1.13 bits per heavy atom. The molecule has 1 aromatic rings. The van der Waals surface area contributed by atoms with Crippen molar-refractivity contribution in [2.75, 3.05) is 39.4 Å². The second-order valence-electron chi connectivity index (χ2n) is 7.07. The SMILES string of the molecule is C=CCN(CC=C)C(=O)COC(=O)C1CCN(S(=O)(=O)c2ccc(OCC)cc2)CC1. The van der Waals surface area contributed by atoms with Crippen LogP contribution in [0.2, 0.25) is 0 Å². The fourth-order valence-electron chi connectivity index (χ4n) is 3.29. The van der Waals surface area contributed by atoms with Gasteiger partial charge in [-0.2, -0.15) is 4.31 Å². The summed E-state index contributed by atoms with van der Waals surface area (Å²) in [6.07, 6.45) is 3.85. The lowest BCUT2D eigenvalue weighted by Gasteiger charge is -2.30. The fourth-order valence-corrected chi connectivity index (χ4v) is 4.76. The van der Waals surface area contributed by atoms with E-state index in [2.05, 4.69) is 13.2 Å². The summed E-state index contributed by atoms with van der Waals surface area (Å²) in [5.74, 6) is -0.642. The predicted molar refractivity (Wildman–Crippen MR) is 117 cm³/mol. The molecule has 1 heterocycles. The van der Waals surface area contributed by atoms with E-state index in [9.17, 15) is 18.0 Å². The van der Waals surface area contributed by atoms with E-state index in [0.29, 0.717) is 38.3 Å². The van der Waals surface area contributed by atoms with E-state index >= 15 is 0 Å². The lowest BCUT2D eigenvalue weighted by molar-refractivity contribution is -0.156. The van der Waals surface area contributed by atoms with E-state index in [1.807, 2.05) is 6.92 Å². The molecule has 0 N–H and O–H groups in total. The summed E-state index contributed by atoms with van der Waals surface area (Å²) in [7, 11) is -3.65. The summed E-state index contributed by atoms with van der Waals surface area (Å²) in [5.41, 5.74) is 0. The topological polar surface area (TPSA) is 93.2 Å². The van der Waals surface area contributed by atoms with Gasteiger partial charge in [-0.3, -0.25) is 9.59 Å². The van der Waals surface area contributed by atoms with Crippen LogP contribution in [0, 0.1) is 5.92 Å². The number of nitrogens with zero attached hydrogens (tertiary/aromatic N) is 2. The van der Waals surface area contributed by atoms with E-state index in [-0.39, 0.29) is 30.5 Å². The molecule has 31 heavy (non-hydrogen) atoms. The molecule has 1 saturated heterocycles. The van der Waals surface area contributed by atoms with Crippen molar-refractivity contribution in [2.24, 2.45) is 5.92 Å². The number of benzene rings is 1. The summed E-state index contributed by atoms with van der Waals surface area (Å²) in [4.78, 5) is 26.2. The highest BCUT2D eigenvalue weighted by Gasteiger charge is 2.33. The molecule has 0 atom stereocenters. The number of carbonyl (C=O) groups excluding carboxylic acids is 2. The van der Waals surface area contributed by atoms with Gasteiger partial charge in [-0.05, 0) is 44.0 Å². The molecule has 0 saturated carbocycles. The van der Waals surface area contributed by atoms with E-state index in [4.69, 9.17) is 9.47 Å². The van der Waals surface area contributed by atoms with E-state index in [1.165, 1.54) is 21.3 Å². The summed E-state index contributed by atoms with van der Waals surface area (Å²) < 4.78 is 37.6. The third-order valence-electron chi connectivity index (χ3n) is 4.95. The highest BCUT2D eigenvalue weighted by Crippen LogP contribution is 2.25. The Labute approximate surface area is 184 Å². The number of rotatable bonds is 11. The minimum Gasteiger partial charge on any atom is -0.494 e. The Morgan fingerprint density at radius 3 is 2.23 bits per heavy atom. The van der Waals surface area contributed by atoms with Crippen molar-refractivity contribution < 1.29 is 27.5 Å². The van der Waals surface area contributed by atoms with Gasteiger partial charge in [-0.1, -0.05) is 12.2 Å². The third-order valence-corrected chi connectivity index (χ3v) is 6.86. The van der Waals surface area contributed by atoms with E-state index in [1.54, 1.807) is 24.3 Å². The molecular weight excluding hydrogens is 420 g/mol. The highest BCUT2D eigenvalue weighted by molar-refractivity contribution is 7.89. The quantitative estimate of drug-likeness (QED) is 0.379. The molecule has 0 radical (unpaired) electrons. The van der Waals surface area contributed by atoms with Gasteiger partial charge < -0.3 is 14.4 Å². The minimum absolute atomic E-state index is 0.187. The van der Waals surface area contributed by atoms with E-state index in [0.717, 1.165) is 0 Å². The van der Waals surface area contributed by atoms with Crippen LogP contribution in [0.25, 0.3) is 0 Å². The maximum atomic E-state index is 12.8. The Morgan fingerprint density at radius 2 is 1.71 bits per heavy atom. The summed E-state index contributed by atoms with van der Waals surface area (Å²) in [6, 6.07) is 6.29. The van der Waals surface area contributed by atoms with Gasteiger partial charge in [-0.15, -0.1) is 13.2 Å². The first-order valence-electron chi connectivity index (χ1n) is 10.2. The van der Waals surface area contributed by atoms with Crippen molar-refractivity contribution in [1.29, 1.82) is 0 Å². The molecular formula is C22H30N2O6S. The van der Waals surface area contributed by atoms with Crippen molar-refractivity contribution >= 4 is 21.9 Å². The average molecular weight is 451 g/mol. The first-order chi connectivity index (χ1) is 14.8. The minimum atomic E-state index is -3.65. The number of piperidine rings is 1. The van der Waals surface area contributed by atoms with Crippen LogP contribution in [0.5, 0.6) is 5.75 Å². The molecule has 0 aliphatic carbocycles. The Kier molecular flexibility index (Phi) is 9.26. The molecule has 0 aromatic heterocycles. The van der Waals surface area contributed by atoms with Crippen molar-refractivity contribution in [3.05, 3.63) is 49.6 Å². The third kappa shape index (κ3) is 6.67. The average Bonchev–Trinajstić information content (AvgIpc) is 2.77. The van der Waals surface area contributed by atoms with Crippen LogP contribution in [-0.4, -0.2) is 68.9 Å². The van der Waals surface area contributed by atoms with Crippen LogP contribution < -0.4 is 4.74 Å². The zero-order valence-corrected chi connectivity index (χ0v) is 18.7. The van der Waals surface area contributed by atoms with Crippen molar-refractivity contribution in [3.63, 3.8) is 0 Å². The lowest BCUT2D eigenvalue weighted by Crippen LogP contribution is -2.41. The number of carbonyl (C=O) groups is 2. The van der Waals surface area contributed by atoms with Gasteiger partial charge in [0.05, 0.1) is 17.4 Å². The maximum Gasteiger partial charge on any atom is 0.309 e. The zero-order chi connectivity index (χ0) is 22.9. The molecule has 0 spiro atoms. The Hall–Kier alpha value is -2.65. The first kappa shape index (κ1) is 24.6. The second-order valence-corrected chi connectivity index (χ2v) is 9.00. The van der Waals surface area contributed by atoms with Gasteiger partial charge in [0.1, 0.15) is 5.75 Å². The number of hydrogen-bond acceptors (Lipinski definition) is 6. The molecule has 1 aromatic carbocycles. The summed E-state index contributed by atoms with van der Waals surface area (Å²) >= 11 is 0. The lowest BCUT2D eigenvalue weighted by atomic mass is 9.98. The number of hydrogen-bond donors (Lipinski definition) is 0. The molecule has 0 unspecified atom stereocenters. The smallest absolute Gasteiger partial charge is 0.309 e. The molecule has 8 nitrogen and oxygen atoms in total. The molecule has 170 valence electrons. The molecule has 1 aliphatic rings. The predicted octanol–water partition coefficient (Wildman–Crippen LogP) is 2.23. The van der Waals surface area contributed by atoms with Crippen LogP contribution in [0.15, 0.2) is 54.5 Å². The van der Waals surface area contributed by atoms with Gasteiger partial charge in [0.2, 0.25) is 10.0 Å². The monoisotopic (exact) mass is 450 g/mol. The van der Waals surface area contributed by atoms with Crippen LogP contribution in [-0.2, 0) is 24.3 Å². The maximum absolute atomic E-state index is 12.8. The normalized spacial score (nSPS) is 15.1. The van der Waals surface area contributed by atoms with Gasteiger partial charge in [-0.25, -0.2) is 8.42 Å². The van der Waals surface area contributed by atoms with Crippen LogP contribution in [0.4, 0.5) is 0 Å². The van der Waals surface area contributed by atoms with Gasteiger partial charge in [0.15, 0.2) is 6.61 Å². The van der Waals surface area contributed by atoms with Crippen molar-refractivity contribution in [2.45, 2.75) is 24.7 Å². The summed E-state index contributed by atoms with van der Waals surface area (Å²) in [5, 5.41) is 0. The summed E-state index contributed by atoms with van der Waals surface area (Å²) in [6.45, 7) is 10.3. The number of ether oxygens (including phenoxy) is 2. The van der Waals surface area contributed by atoms with Crippen LogP contribution in [0.3, 0.4) is 0 Å². The van der Waals surface area contributed by atoms with Crippen LogP contribution >= 0.6 is 0 Å². The van der Waals surface area contributed by atoms with Crippen molar-refractivity contribution in [1.82, 2.24) is 9.21 Å². The number of sulfonamides is 1. The van der Waals surface area contributed by atoms with E-state index < -0.39 is 21.9 Å². The van der Waals surface area contributed by atoms with Gasteiger partial charge in [0, 0.05) is 26.2 Å². The fraction of sp³-hybridized carbons (Fsp3) is 0.455. The number of esters is 1. The van der Waals surface area contributed by atoms with Crippen molar-refractivity contribution in [3.8, 4) is 5.75 Å². The Balaban J connectivity index is 1.88. The van der Waals surface area contributed by atoms with Gasteiger partial charge >= 0.3 is 5.97 Å². The molecule has 1 amide bonds. The number of amides is 1. The largest absolute Gasteiger partial charge is 0.494 e. The molecule has 2 rings (SSSR count). The first-order valence-corrected chi connectivity index (χ1v) is 11.7. The van der Waals surface area contributed by atoms with Gasteiger partial charge in [0.25, 0.3) is 5.91 Å². The molecule has 1 fully saturated rings. The molecule has 1 aliphatic heterocycles. The highest BCUT2D eigenvalue weighted by atomic mass is 32.2. The molecule has 9 heteroatoms. The van der Waals surface area contributed by atoms with Crippen LogP contribution in [0.1, 0.15) is 19.8 Å².